The first-order chi connectivity index (χ1) is 9.25. The summed E-state index contributed by atoms with van der Waals surface area (Å²) in [6.45, 7) is 0.443. The molecule has 0 saturated carbocycles. The zero-order chi connectivity index (χ0) is 13.2. The van der Waals surface area contributed by atoms with Crippen molar-refractivity contribution in [3.05, 3.63) is 33.9 Å². The number of aromatic nitrogens is 3. The Bertz CT molecular complexity index is 722. The number of thiazole rings is 1. The number of thiophene rings is 1. The Balaban J connectivity index is 1.83. The topological polar surface area (TPSA) is 93.8 Å². The molecule has 3 aromatic rings. The molecule has 3 N–H and O–H groups in total. The van der Waals surface area contributed by atoms with Gasteiger partial charge >= 0.3 is 0 Å². The van der Waals surface area contributed by atoms with Gasteiger partial charge in [-0.1, -0.05) is 0 Å². The van der Waals surface area contributed by atoms with Gasteiger partial charge in [-0.05, 0) is 0 Å². The number of anilines is 1. The smallest absolute Gasteiger partial charge is 0.263 e. The molecule has 96 valence electrons. The first-order valence-electron chi connectivity index (χ1n) is 5.40. The molecule has 0 aliphatic carbocycles. The van der Waals surface area contributed by atoms with E-state index in [9.17, 15) is 4.79 Å². The van der Waals surface area contributed by atoms with Crippen LogP contribution in [0, 0.1) is 0 Å². The van der Waals surface area contributed by atoms with E-state index in [0.29, 0.717) is 27.5 Å². The molecule has 3 aromatic heterocycles. The van der Waals surface area contributed by atoms with Crippen molar-refractivity contribution in [1.29, 1.82) is 0 Å². The van der Waals surface area contributed by atoms with Crippen LogP contribution in [0.3, 0.4) is 0 Å². The number of nitrogens with two attached hydrogens (primary N) is 1. The number of nitrogens with one attached hydrogen (secondary N) is 1. The summed E-state index contributed by atoms with van der Waals surface area (Å²) in [6, 6.07) is 0. The highest BCUT2D eigenvalue weighted by Gasteiger charge is 2.17. The second kappa shape index (κ2) is 4.90. The molecule has 6 nitrogen and oxygen atoms in total. The van der Waals surface area contributed by atoms with E-state index in [1.807, 2.05) is 0 Å². The number of rotatable bonds is 3. The zero-order valence-corrected chi connectivity index (χ0v) is 11.3. The SMILES string of the molecule is Nc1c(C(=O)NCc2cncs2)sc2nccnc12. The first-order valence-corrected chi connectivity index (χ1v) is 7.10. The molecule has 19 heavy (non-hydrogen) atoms. The molecule has 0 aliphatic rings. The zero-order valence-electron chi connectivity index (χ0n) is 9.66. The summed E-state index contributed by atoms with van der Waals surface area (Å²) in [5, 5.41) is 2.81. The average molecular weight is 291 g/mol. The molecular weight excluding hydrogens is 282 g/mol. The minimum atomic E-state index is -0.212. The number of hydrogen-bond acceptors (Lipinski definition) is 7. The third-order valence-electron chi connectivity index (χ3n) is 2.48. The van der Waals surface area contributed by atoms with Crippen molar-refractivity contribution in [3.63, 3.8) is 0 Å². The normalized spacial score (nSPS) is 10.7. The minimum Gasteiger partial charge on any atom is -0.396 e. The lowest BCUT2D eigenvalue weighted by Crippen LogP contribution is -2.22. The van der Waals surface area contributed by atoms with Crippen molar-refractivity contribution in [3.8, 4) is 0 Å². The third kappa shape index (κ3) is 2.27. The fourth-order valence-corrected chi connectivity index (χ4v) is 3.06. The summed E-state index contributed by atoms with van der Waals surface area (Å²) in [6.07, 6.45) is 4.87. The molecule has 8 heteroatoms. The lowest BCUT2D eigenvalue weighted by molar-refractivity contribution is 0.0956. The van der Waals surface area contributed by atoms with Gasteiger partial charge in [-0.3, -0.25) is 9.78 Å². The third-order valence-corrected chi connectivity index (χ3v) is 4.36. The Labute approximate surface area is 116 Å². The highest BCUT2D eigenvalue weighted by Crippen LogP contribution is 2.30. The van der Waals surface area contributed by atoms with Gasteiger partial charge in [-0.15, -0.1) is 22.7 Å². The van der Waals surface area contributed by atoms with E-state index < -0.39 is 0 Å². The van der Waals surface area contributed by atoms with E-state index in [-0.39, 0.29) is 5.91 Å². The van der Waals surface area contributed by atoms with Crippen LogP contribution >= 0.6 is 22.7 Å². The predicted octanol–water partition coefficient (Wildman–Crippen LogP) is 1.66. The van der Waals surface area contributed by atoms with Gasteiger partial charge in [-0.2, -0.15) is 0 Å². The molecule has 0 unspecified atom stereocenters. The standard InChI is InChI=1S/C11H9N5OS2/c12-7-8-11(15-2-1-14-8)19-9(7)10(17)16-4-6-3-13-5-18-6/h1-3,5H,4,12H2,(H,16,17). The fraction of sp³-hybridized carbons (Fsp3) is 0.0909. The maximum atomic E-state index is 12.1. The van der Waals surface area contributed by atoms with E-state index in [4.69, 9.17) is 5.73 Å². The van der Waals surface area contributed by atoms with Crippen molar-refractivity contribution in [2.24, 2.45) is 0 Å². The van der Waals surface area contributed by atoms with Crippen molar-refractivity contribution >= 4 is 44.6 Å². The molecule has 1 amide bonds. The fourth-order valence-electron chi connectivity index (χ4n) is 1.59. The van der Waals surface area contributed by atoms with E-state index in [1.165, 1.54) is 22.7 Å². The first kappa shape index (κ1) is 12.0. The summed E-state index contributed by atoms with van der Waals surface area (Å²) < 4.78 is 0. The summed E-state index contributed by atoms with van der Waals surface area (Å²) in [7, 11) is 0. The van der Waals surface area contributed by atoms with Gasteiger partial charge in [-0.25, -0.2) is 9.97 Å². The number of nitrogen functional groups attached to an aromatic ring is 1. The molecule has 0 aliphatic heterocycles. The maximum Gasteiger partial charge on any atom is 0.263 e. The Morgan fingerprint density at radius 1 is 1.37 bits per heavy atom. The second-order valence-corrected chi connectivity index (χ2v) is 5.68. The van der Waals surface area contributed by atoms with Crippen LogP contribution in [-0.2, 0) is 6.54 Å². The molecule has 0 aromatic carbocycles. The highest BCUT2D eigenvalue weighted by molar-refractivity contribution is 7.21. The summed E-state index contributed by atoms with van der Waals surface area (Å²) in [5.41, 5.74) is 8.61. The van der Waals surface area contributed by atoms with Gasteiger partial charge in [0.1, 0.15) is 15.2 Å². The van der Waals surface area contributed by atoms with Crippen LogP contribution in [-0.4, -0.2) is 20.9 Å². The number of amides is 1. The van der Waals surface area contributed by atoms with Crippen molar-refractivity contribution in [2.75, 3.05) is 5.73 Å². The van der Waals surface area contributed by atoms with Crippen LogP contribution in [0.15, 0.2) is 24.1 Å². The lowest BCUT2D eigenvalue weighted by atomic mass is 10.3. The monoisotopic (exact) mass is 291 g/mol. The molecule has 3 heterocycles. The van der Waals surface area contributed by atoms with Gasteiger partial charge in [0.15, 0.2) is 0 Å². The van der Waals surface area contributed by atoms with Gasteiger partial charge in [0, 0.05) is 23.5 Å². The van der Waals surface area contributed by atoms with Gasteiger partial charge in [0.25, 0.3) is 5.91 Å². The van der Waals surface area contributed by atoms with Gasteiger partial charge in [0.2, 0.25) is 0 Å². The Hall–Kier alpha value is -2.06. The molecule has 3 rings (SSSR count). The Morgan fingerprint density at radius 3 is 2.95 bits per heavy atom. The number of fused-ring (bicyclic) bond motifs is 1. The van der Waals surface area contributed by atoms with Crippen molar-refractivity contribution in [1.82, 2.24) is 20.3 Å². The largest absolute Gasteiger partial charge is 0.396 e. The van der Waals surface area contributed by atoms with Gasteiger partial charge in [0.05, 0.1) is 17.7 Å². The highest BCUT2D eigenvalue weighted by atomic mass is 32.1. The summed E-state index contributed by atoms with van der Waals surface area (Å²) >= 11 is 2.74. The molecule has 0 radical (unpaired) electrons. The summed E-state index contributed by atoms with van der Waals surface area (Å²) in [4.78, 5) is 26.4. The average Bonchev–Trinajstić information content (AvgIpc) is 3.05. The molecule has 0 fully saturated rings. The van der Waals surface area contributed by atoms with Crippen molar-refractivity contribution in [2.45, 2.75) is 6.54 Å². The number of carbonyl (C=O) groups excluding carboxylic acids is 1. The second-order valence-electron chi connectivity index (χ2n) is 3.71. The van der Waals surface area contributed by atoms with E-state index >= 15 is 0 Å². The Morgan fingerprint density at radius 2 is 2.21 bits per heavy atom. The van der Waals surface area contributed by atoms with Crippen LogP contribution < -0.4 is 11.1 Å². The van der Waals surface area contributed by atoms with Crippen LogP contribution in [0.2, 0.25) is 0 Å². The number of nitrogens with zero attached hydrogens (tertiary/aromatic N) is 3. The number of hydrogen-bond donors (Lipinski definition) is 2. The number of carbonyl (C=O) groups is 1. The lowest BCUT2D eigenvalue weighted by Gasteiger charge is -2.01. The molecule has 0 spiro atoms. The molecule has 0 atom stereocenters. The minimum absolute atomic E-state index is 0.212. The van der Waals surface area contributed by atoms with E-state index in [1.54, 1.807) is 24.1 Å². The molecule has 0 bridgehead atoms. The van der Waals surface area contributed by atoms with E-state index in [0.717, 1.165) is 4.88 Å². The van der Waals surface area contributed by atoms with Crippen LogP contribution in [0.4, 0.5) is 5.69 Å². The maximum absolute atomic E-state index is 12.1. The van der Waals surface area contributed by atoms with Crippen LogP contribution in [0.1, 0.15) is 14.5 Å². The van der Waals surface area contributed by atoms with E-state index in [2.05, 4.69) is 20.3 Å². The molecule has 0 saturated heterocycles. The quantitative estimate of drug-likeness (QED) is 0.765. The van der Waals surface area contributed by atoms with Crippen molar-refractivity contribution < 1.29 is 4.79 Å². The predicted molar refractivity (Wildman–Crippen MR) is 75.1 cm³/mol. The Kier molecular flexibility index (Phi) is 3.10. The van der Waals surface area contributed by atoms with Gasteiger partial charge < -0.3 is 11.1 Å². The summed E-state index contributed by atoms with van der Waals surface area (Å²) in [5.74, 6) is -0.212. The molecular formula is C11H9N5OS2. The van der Waals surface area contributed by atoms with Crippen LogP contribution in [0.5, 0.6) is 0 Å². The van der Waals surface area contributed by atoms with Crippen LogP contribution in [0.25, 0.3) is 10.3 Å².